The van der Waals surface area contributed by atoms with Crippen LogP contribution in [0.15, 0.2) is 30.5 Å². The predicted octanol–water partition coefficient (Wildman–Crippen LogP) is 2.70. The van der Waals surface area contributed by atoms with Gasteiger partial charge < -0.3 is 10.4 Å². The fourth-order valence-electron chi connectivity index (χ4n) is 1.54. The number of aryl methyl sites for hydroxylation is 1. The van der Waals surface area contributed by atoms with Crippen LogP contribution in [0.1, 0.15) is 22.4 Å². The van der Waals surface area contributed by atoms with Crippen molar-refractivity contribution >= 4 is 11.3 Å². The van der Waals surface area contributed by atoms with Crippen molar-refractivity contribution in [3.63, 3.8) is 0 Å². The van der Waals surface area contributed by atoms with E-state index in [4.69, 9.17) is 5.11 Å². The highest BCUT2D eigenvalue weighted by Gasteiger charge is 1.99. The third-order valence-electron chi connectivity index (χ3n) is 2.47. The number of phenols is 1. The van der Waals surface area contributed by atoms with Crippen molar-refractivity contribution in [2.45, 2.75) is 26.4 Å². The molecule has 0 aliphatic carbocycles. The average molecular weight is 248 g/mol. The second kappa shape index (κ2) is 5.80. The molecule has 0 saturated carbocycles. The summed E-state index contributed by atoms with van der Waals surface area (Å²) in [7, 11) is 0. The number of hydrogen-bond donors (Lipinski definition) is 2. The van der Waals surface area contributed by atoms with Crippen LogP contribution in [0.3, 0.4) is 0 Å². The normalized spacial score (nSPS) is 10.6. The highest BCUT2D eigenvalue weighted by Crippen LogP contribution is 2.13. The van der Waals surface area contributed by atoms with Gasteiger partial charge in [0.25, 0.3) is 0 Å². The molecule has 0 bridgehead atoms. The molecule has 17 heavy (non-hydrogen) atoms. The molecular formula is C13H16N2OS. The fraction of sp³-hybridized carbons (Fsp3) is 0.308. The minimum absolute atomic E-state index is 0.309. The number of aromatic hydroxyl groups is 1. The third-order valence-corrected chi connectivity index (χ3v) is 3.61. The summed E-state index contributed by atoms with van der Waals surface area (Å²) < 4.78 is 0. The lowest BCUT2D eigenvalue weighted by atomic mass is 10.2. The predicted molar refractivity (Wildman–Crippen MR) is 70.1 cm³/mol. The van der Waals surface area contributed by atoms with E-state index in [0.29, 0.717) is 5.75 Å². The minimum atomic E-state index is 0.309. The van der Waals surface area contributed by atoms with Gasteiger partial charge in [0.15, 0.2) is 0 Å². The Morgan fingerprint density at radius 2 is 2.00 bits per heavy atom. The van der Waals surface area contributed by atoms with Gasteiger partial charge >= 0.3 is 0 Å². The quantitative estimate of drug-likeness (QED) is 0.855. The molecule has 0 aliphatic rings. The highest BCUT2D eigenvalue weighted by molar-refractivity contribution is 7.11. The van der Waals surface area contributed by atoms with Gasteiger partial charge in [0, 0.05) is 24.2 Å². The van der Waals surface area contributed by atoms with Crippen molar-refractivity contribution in [2.75, 3.05) is 0 Å². The van der Waals surface area contributed by atoms with Gasteiger partial charge in [-0.1, -0.05) is 19.1 Å². The summed E-state index contributed by atoms with van der Waals surface area (Å²) in [6.07, 6.45) is 2.94. The zero-order chi connectivity index (χ0) is 12.1. The van der Waals surface area contributed by atoms with E-state index in [9.17, 15) is 0 Å². The molecule has 0 saturated heterocycles. The maximum absolute atomic E-state index is 9.16. The molecule has 0 amide bonds. The summed E-state index contributed by atoms with van der Waals surface area (Å²) in [5, 5.41) is 13.7. The molecule has 3 nitrogen and oxygen atoms in total. The number of rotatable bonds is 5. The Morgan fingerprint density at radius 1 is 1.24 bits per heavy atom. The van der Waals surface area contributed by atoms with Crippen molar-refractivity contribution in [2.24, 2.45) is 0 Å². The molecule has 0 spiro atoms. The van der Waals surface area contributed by atoms with E-state index in [0.717, 1.165) is 19.5 Å². The lowest BCUT2D eigenvalue weighted by molar-refractivity contribution is 0.475. The highest BCUT2D eigenvalue weighted by atomic mass is 32.1. The maximum Gasteiger partial charge on any atom is 0.115 e. The van der Waals surface area contributed by atoms with Gasteiger partial charge in [-0.3, -0.25) is 0 Å². The van der Waals surface area contributed by atoms with E-state index in [-0.39, 0.29) is 0 Å². The summed E-state index contributed by atoms with van der Waals surface area (Å²) in [6, 6.07) is 7.26. The van der Waals surface area contributed by atoms with Crippen LogP contribution in [0.25, 0.3) is 0 Å². The van der Waals surface area contributed by atoms with Crippen molar-refractivity contribution < 1.29 is 5.11 Å². The summed E-state index contributed by atoms with van der Waals surface area (Å²) in [4.78, 5) is 5.58. The number of phenolic OH excluding ortho intramolecular Hbond substituents is 1. The van der Waals surface area contributed by atoms with E-state index >= 15 is 0 Å². The standard InChI is InChI=1S/C13H16N2OS/c1-2-13-15-9-12(17-13)8-14-7-10-3-5-11(16)6-4-10/h3-6,9,14,16H,2,7-8H2,1H3. The van der Waals surface area contributed by atoms with E-state index < -0.39 is 0 Å². The van der Waals surface area contributed by atoms with Gasteiger partial charge in [-0.05, 0) is 24.1 Å². The first-order valence-electron chi connectivity index (χ1n) is 5.70. The number of thiazole rings is 1. The second-order valence-electron chi connectivity index (χ2n) is 3.84. The Balaban J connectivity index is 1.81. The van der Waals surface area contributed by atoms with E-state index in [1.807, 2.05) is 18.3 Å². The Kier molecular flexibility index (Phi) is 4.12. The van der Waals surface area contributed by atoms with Crippen LogP contribution in [0.2, 0.25) is 0 Å². The summed E-state index contributed by atoms with van der Waals surface area (Å²) >= 11 is 1.76. The van der Waals surface area contributed by atoms with E-state index in [1.165, 1.54) is 15.4 Å². The molecule has 0 fully saturated rings. The van der Waals surface area contributed by atoms with Gasteiger partial charge in [0.1, 0.15) is 5.75 Å². The smallest absolute Gasteiger partial charge is 0.115 e. The largest absolute Gasteiger partial charge is 0.508 e. The molecule has 0 radical (unpaired) electrons. The summed E-state index contributed by atoms with van der Waals surface area (Å²) in [6.45, 7) is 3.77. The monoisotopic (exact) mass is 248 g/mol. The summed E-state index contributed by atoms with van der Waals surface area (Å²) in [5.74, 6) is 0.309. The van der Waals surface area contributed by atoms with Crippen molar-refractivity contribution in [1.82, 2.24) is 10.3 Å². The van der Waals surface area contributed by atoms with Gasteiger partial charge in [-0.2, -0.15) is 0 Å². The second-order valence-corrected chi connectivity index (χ2v) is 5.04. The van der Waals surface area contributed by atoms with Crippen LogP contribution in [-0.4, -0.2) is 10.1 Å². The lowest BCUT2D eigenvalue weighted by Gasteiger charge is -2.03. The molecule has 4 heteroatoms. The van der Waals surface area contributed by atoms with Crippen molar-refractivity contribution in [1.29, 1.82) is 0 Å². The van der Waals surface area contributed by atoms with Gasteiger partial charge in [0.05, 0.1) is 5.01 Å². The molecule has 2 aromatic rings. The van der Waals surface area contributed by atoms with Crippen LogP contribution < -0.4 is 5.32 Å². The third kappa shape index (κ3) is 3.54. The number of nitrogens with one attached hydrogen (secondary N) is 1. The zero-order valence-electron chi connectivity index (χ0n) is 9.81. The van der Waals surface area contributed by atoms with Crippen LogP contribution in [0.5, 0.6) is 5.75 Å². The summed E-state index contributed by atoms with van der Waals surface area (Å²) in [5.41, 5.74) is 1.17. The molecule has 2 N–H and O–H groups in total. The number of aromatic nitrogens is 1. The fourth-order valence-corrected chi connectivity index (χ4v) is 2.37. The van der Waals surface area contributed by atoms with Crippen LogP contribution in [0.4, 0.5) is 0 Å². The molecule has 90 valence electrons. The van der Waals surface area contributed by atoms with Gasteiger partial charge in [0.2, 0.25) is 0 Å². The first-order chi connectivity index (χ1) is 8.28. The SMILES string of the molecule is CCc1ncc(CNCc2ccc(O)cc2)s1. The Morgan fingerprint density at radius 3 is 2.65 bits per heavy atom. The molecule has 1 aromatic carbocycles. The molecule has 1 aromatic heterocycles. The van der Waals surface area contributed by atoms with Crippen molar-refractivity contribution in [3.05, 3.63) is 45.9 Å². The van der Waals surface area contributed by atoms with Crippen LogP contribution in [0, 0.1) is 0 Å². The zero-order valence-corrected chi connectivity index (χ0v) is 10.6. The first kappa shape index (κ1) is 12.1. The van der Waals surface area contributed by atoms with Crippen LogP contribution >= 0.6 is 11.3 Å². The van der Waals surface area contributed by atoms with Gasteiger partial charge in [-0.25, -0.2) is 4.98 Å². The first-order valence-corrected chi connectivity index (χ1v) is 6.52. The minimum Gasteiger partial charge on any atom is -0.508 e. The Hall–Kier alpha value is -1.39. The van der Waals surface area contributed by atoms with E-state index in [1.54, 1.807) is 23.5 Å². The molecule has 0 aliphatic heterocycles. The average Bonchev–Trinajstić information content (AvgIpc) is 2.80. The number of hydrogen-bond acceptors (Lipinski definition) is 4. The molecule has 1 heterocycles. The molecular weight excluding hydrogens is 232 g/mol. The van der Waals surface area contributed by atoms with E-state index in [2.05, 4.69) is 17.2 Å². The molecule has 0 atom stereocenters. The molecule has 2 rings (SSSR count). The Bertz CT molecular complexity index is 465. The lowest BCUT2D eigenvalue weighted by Crippen LogP contribution is -2.11. The van der Waals surface area contributed by atoms with Crippen LogP contribution in [-0.2, 0) is 19.5 Å². The maximum atomic E-state index is 9.16. The molecule has 0 unspecified atom stereocenters. The number of benzene rings is 1. The topological polar surface area (TPSA) is 45.2 Å². The number of nitrogens with zero attached hydrogens (tertiary/aromatic N) is 1. The van der Waals surface area contributed by atoms with Crippen molar-refractivity contribution in [3.8, 4) is 5.75 Å². The van der Waals surface area contributed by atoms with Gasteiger partial charge in [-0.15, -0.1) is 11.3 Å². The Labute approximate surface area is 105 Å².